The molecule has 6 nitrogen and oxygen atoms in total. The molecule has 1 atom stereocenters. The number of alkyl carbamates (subject to hydrolysis) is 1. The molecule has 1 aliphatic rings. The molecule has 1 saturated heterocycles. The van der Waals surface area contributed by atoms with Crippen molar-refractivity contribution >= 4 is 12.1 Å². The van der Waals surface area contributed by atoms with E-state index in [2.05, 4.69) is 10.6 Å². The molecule has 1 amide bonds. The topological polar surface area (TPSA) is 87.7 Å². The smallest absolute Gasteiger partial charge is 0.407 e. The molecule has 3 N–H and O–H groups in total. The summed E-state index contributed by atoms with van der Waals surface area (Å²) in [6.07, 6.45) is 1.39. The van der Waals surface area contributed by atoms with Crippen molar-refractivity contribution in [2.75, 3.05) is 13.1 Å². The first kappa shape index (κ1) is 16.3. The minimum Gasteiger partial charge on any atom is -0.481 e. The second-order valence-electron chi connectivity index (χ2n) is 5.64. The van der Waals surface area contributed by atoms with E-state index in [1.165, 1.54) is 0 Å². The molecule has 1 fully saturated rings. The van der Waals surface area contributed by atoms with Gasteiger partial charge in [-0.05, 0) is 37.9 Å². The van der Waals surface area contributed by atoms with E-state index in [1.807, 2.05) is 30.3 Å². The number of carboxylic acid groups (broad SMARTS) is 1. The van der Waals surface area contributed by atoms with Crippen LogP contribution in [0.2, 0.25) is 0 Å². The van der Waals surface area contributed by atoms with Crippen LogP contribution in [-0.2, 0) is 16.1 Å². The first-order valence-corrected chi connectivity index (χ1v) is 7.51. The predicted molar refractivity (Wildman–Crippen MR) is 81.5 cm³/mol. The Labute approximate surface area is 129 Å². The Bertz CT molecular complexity index is 496. The number of carboxylic acids is 1. The second-order valence-corrected chi connectivity index (χ2v) is 5.64. The van der Waals surface area contributed by atoms with Crippen LogP contribution in [-0.4, -0.2) is 35.8 Å². The van der Waals surface area contributed by atoms with E-state index in [9.17, 15) is 9.59 Å². The van der Waals surface area contributed by atoms with Crippen LogP contribution >= 0.6 is 0 Å². The molecule has 0 bridgehead atoms. The van der Waals surface area contributed by atoms with E-state index in [0.717, 1.165) is 18.5 Å². The van der Waals surface area contributed by atoms with E-state index in [-0.39, 0.29) is 13.0 Å². The van der Waals surface area contributed by atoms with Crippen molar-refractivity contribution in [3.05, 3.63) is 35.9 Å². The number of carbonyl (C=O) groups is 2. The first-order chi connectivity index (χ1) is 10.6. The fraction of sp³-hybridized carbons (Fsp3) is 0.500. The zero-order valence-corrected chi connectivity index (χ0v) is 12.5. The van der Waals surface area contributed by atoms with E-state index >= 15 is 0 Å². The Morgan fingerprint density at radius 1 is 1.23 bits per heavy atom. The summed E-state index contributed by atoms with van der Waals surface area (Å²) in [5.74, 6) is -0.912. The van der Waals surface area contributed by atoms with Crippen LogP contribution < -0.4 is 10.6 Å². The normalized spacial score (nSPS) is 21.6. The highest BCUT2D eigenvalue weighted by atomic mass is 16.5. The fourth-order valence-electron chi connectivity index (χ4n) is 2.74. The van der Waals surface area contributed by atoms with Gasteiger partial charge in [-0.15, -0.1) is 0 Å². The van der Waals surface area contributed by atoms with Gasteiger partial charge in [-0.2, -0.15) is 0 Å². The quantitative estimate of drug-likeness (QED) is 0.773. The lowest BCUT2D eigenvalue weighted by Gasteiger charge is -2.31. The van der Waals surface area contributed by atoms with Crippen LogP contribution in [0.25, 0.3) is 0 Å². The lowest BCUT2D eigenvalue weighted by molar-refractivity contribution is -0.138. The standard InChI is InChI=1S/C16H22N2O4/c19-14(20)11-16(7-4-9-17-10-8-16)18-15(21)22-12-13-5-2-1-3-6-13/h1-3,5-6,17H,4,7-12H2,(H,18,21)(H,19,20). The number of carbonyl (C=O) groups excluding carboxylic acids is 1. The maximum absolute atomic E-state index is 12.0. The van der Waals surface area contributed by atoms with E-state index < -0.39 is 17.6 Å². The largest absolute Gasteiger partial charge is 0.481 e. The van der Waals surface area contributed by atoms with Crippen molar-refractivity contribution in [2.45, 2.75) is 37.8 Å². The highest BCUT2D eigenvalue weighted by Crippen LogP contribution is 2.24. The summed E-state index contributed by atoms with van der Waals surface area (Å²) in [6.45, 7) is 1.70. The number of hydrogen-bond acceptors (Lipinski definition) is 4. The lowest BCUT2D eigenvalue weighted by atomic mass is 9.87. The van der Waals surface area contributed by atoms with E-state index in [1.54, 1.807) is 0 Å². The summed E-state index contributed by atoms with van der Waals surface area (Å²) in [4.78, 5) is 23.2. The Kier molecular flexibility index (Phi) is 5.77. The average Bonchev–Trinajstić information content (AvgIpc) is 2.71. The molecule has 0 radical (unpaired) electrons. The minimum absolute atomic E-state index is 0.0882. The second kappa shape index (κ2) is 7.79. The molecule has 1 aliphatic heterocycles. The third kappa shape index (κ3) is 5.04. The predicted octanol–water partition coefficient (Wildman–Crippen LogP) is 1.90. The van der Waals surface area contributed by atoms with Gasteiger partial charge in [-0.3, -0.25) is 4.79 Å². The minimum atomic E-state index is -0.912. The van der Waals surface area contributed by atoms with Gasteiger partial charge in [0.2, 0.25) is 0 Å². The molecule has 2 rings (SSSR count). The molecule has 1 aromatic carbocycles. The molecular weight excluding hydrogens is 284 g/mol. The zero-order chi connectivity index (χ0) is 15.8. The van der Waals surface area contributed by atoms with Crippen LogP contribution in [0, 0.1) is 0 Å². The van der Waals surface area contributed by atoms with Gasteiger partial charge in [-0.25, -0.2) is 4.79 Å². The molecule has 0 aromatic heterocycles. The van der Waals surface area contributed by atoms with Crippen LogP contribution in [0.4, 0.5) is 4.79 Å². The summed E-state index contributed by atoms with van der Waals surface area (Å²) in [5.41, 5.74) is 0.163. The van der Waals surface area contributed by atoms with Crippen LogP contribution in [0.5, 0.6) is 0 Å². The molecule has 1 unspecified atom stereocenters. The third-order valence-corrected chi connectivity index (χ3v) is 3.86. The molecular formula is C16H22N2O4. The summed E-state index contributed by atoms with van der Waals surface area (Å²) < 4.78 is 5.21. The van der Waals surface area contributed by atoms with Crippen molar-refractivity contribution in [1.82, 2.24) is 10.6 Å². The molecule has 6 heteroatoms. The number of amides is 1. The molecule has 22 heavy (non-hydrogen) atoms. The van der Waals surface area contributed by atoms with Gasteiger partial charge in [0, 0.05) is 0 Å². The fourth-order valence-corrected chi connectivity index (χ4v) is 2.74. The molecule has 0 spiro atoms. The van der Waals surface area contributed by atoms with E-state index in [0.29, 0.717) is 19.4 Å². The number of aliphatic carboxylic acids is 1. The van der Waals surface area contributed by atoms with Gasteiger partial charge in [0.15, 0.2) is 0 Å². The van der Waals surface area contributed by atoms with Crippen molar-refractivity contribution < 1.29 is 19.4 Å². The van der Waals surface area contributed by atoms with Crippen molar-refractivity contribution in [3.63, 3.8) is 0 Å². The maximum atomic E-state index is 12.0. The molecule has 120 valence electrons. The van der Waals surface area contributed by atoms with Gasteiger partial charge in [-0.1, -0.05) is 30.3 Å². The Morgan fingerprint density at radius 2 is 2.00 bits per heavy atom. The average molecular weight is 306 g/mol. The number of nitrogens with one attached hydrogen (secondary N) is 2. The Morgan fingerprint density at radius 3 is 2.73 bits per heavy atom. The summed E-state index contributed by atoms with van der Waals surface area (Å²) in [7, 11) is 0. The summed E-state index contributed by atoms with van der Waals surface area (Å²) in [6, 6.07) is 9.38. The van der Waals surface area contributed by atoms with Gasteiger partial charge >= 0.3 is 12.1 Å². The van der Waals surface area contributed by atoms with Gasteiger partial charge in [0.05, 0.1) is 12.0 Å². The van der Waals surface area contributed by atoms with E-state index in [4.69, 9.17) is 9.84 Å². The highest BCUT2D eigenvalue weighted by Gasteiger charge is 2.35. The Hall–Kier alpha value is -2.08. The molecule has 1 aromatic rings. The monoisotopic (exact) mass is 306 g/mol. The van der Waals surface area contributed by atoms with Crippen LogP contribution in [0.1, 0.15) is 31.2 Å². The number of benzene rings is 1. The van der Waals surface area contributed by atoms with Gasteiger partial charge in [0.25, 0.3) is 0 Å². The first-order valence-electron chi connectivity index (χ1n) is 7.51. The zero-order valence-electron chi connectivity index (χ0n) is 12.5. The summed E-state index contributed by atoms with van der Waals surface area (Å²) in [5, 5.41) is 15.1. The van der Waals surface area contributed by atoms with Gasteiger partial charge in [0.1, 0.15) is 6.61 Å². The summed E-state index contributed by atoms with van der Waals surface area (Å²) >= 11 is 0. The van der Waals surface area contributed by atoms with Gasteiger partial charge < -0.3 is 20.5 Å². The lowest BCUT2D eigenvalue weighted by Crippen LogP contribution is -2.50. The SMILES string of the molecule is O=C(O)CC1(NC(=O)OCc2ccccc2)CCCNCC1. The van der Waals surface area contributed by atoms with Crippen molar-refractivity contribution in [2.24, 2.45) is 0 Å². The molecule has 1 heterocycles. The maximum Gasteiger partial charge on any atom is 0.407 e. The highest BCUT2D eigenvalue weighted by molar-refractivity contribution is 5.72. The number of hydrogen-bond donors (Lipinski definition) is 3. The number of rotatable bonds is 5. The molecule has 0 aliphatic carbocycles. The van der Waals surface area contributed by atoms with Crippen molar-refractivity contribution in [3.8, 4) is 0 Å². The molecule has 0 saturated carbocycles. The Balaban J connectivity index is 1.93. The third-order valence-electron chi connectivity index (χ3n) is 3.86. The van der Waals surface area contributed by atoms with Crippen LogP contribution in [0.3, 0.4) is 0 Å². The number of ether oxygens (including phenoxy) is 1. The van der Waals surface area contributed by atoms with Crippen LogP contribution in [0.15, 0.2) is 30.3 Å². The van der Waals surface area contributed by atoms with Crippen molar-refractivity contribution in [1.29, 1.82) is 0 Å².